The Morgan fingerprint density at radius 1 is 0.929 bits per heavy atom. The van der Waals surface area contributed by atoms with E-state index < -0.39 is 0 Å². The number of nitrogens with one attached hydrogen (secondary N) is 2. The van der Waals surface area contributed by atoms with Crippen LogP contribution in [0.2, 0.25) is 0 Å². The second-order valence-corrected chi connectivity index (χ2v) is 7.17. The molecule has 2 aromatic heterocycles. The summed E-state index contributed by atoms with van der Waals surface area (Å²) in [5, 5.41) is 6.87. The first-order valence-electron chi connectivity index (χ1n) is 8.97. The molecule has 0 radical (unpaired) electrons. The lowest BCUT2D eigenvalue weighted by Gasteiger charge is -2.09. The SMILES string of the molecule is COc1ccc2[nH]c3c4ccc5ccn(C)c5c4c4c(c3c2c1)C(=O)NC4=O. The Balaban J connectivity index is 1.98. The van der Waals surface area contributed by atoms with Crippen LogP contribution >= 0.6 is 0 Å². The van der Waals surface area contributed by atoms with Crippen LogP contribution < -0.4 is 10.1 Å². The summed E-state index contributed by atoms with van der Waals surface area (Å²) < 4.78 is 7.37. The van der Waals surface area contributed by atoms with E-state index in [0.29, 0.717) is 16.9 Å². The van der Waals surface area contributed by atoms with Gasteiger partial charge in [0.2, 0.25) is 0 Å². The van der Waals surface area contributed by atoms with Crippen LogP contribution in [0, 0.1) is 0 Å². The molecule has 0 saturated heterocycles. The number of hydrogen-bond donors (Lipinski definition) is 2. The third-order valence-corrected chi connectivity index (χ3v) is 5.75. The summed E-state index contributed by atoms with van der Waals surface area (Å²) in [6.07, 6.45) is 1.96. The van der Waals surface area contributed by atoms with Crippen LogP contribution in [0.1, 0.15) is 20.7 Å². The molecule has 0 aliphatic carbocycles. The van der Waals surface area contributed by atoms with Crippen LogP contribution in [-0.4, -0.2) is 28.5 Å². The highest BCUT2D eigenvalue weighted by atomic mass is 16.5. The van der Waals surface area contributed by atoms with Crippen LogP contribution in [0.4, 0.5) is 0 Å². The molecule has 6 rings (SSSR count). The van der Waals surface area contributed by atoms with Gasteiger partial charge in [-0.1, -0.05) is 12.1 Å². The van der Waals surface area contributed by atoms with Gasteiger partial charge in [-0.3, -0.25) is 14.9 Å². The number of amides is 2. The number of aromatic amines is 1. The van der Waals surface area contributed by atoms with E-state index in [4.69, 9.17) is 4.74 Å². The Morgan fingerprint density at radius 2 is 1.71 bits per heavy atom. The van der Waals surface area contributed by atoms with Crippen LogP contribution in [0.25, 0.3) is 43.5 Å². The van der Waals surface area contributed by atoms with Gasteiger partial charge in [0.15, 0.2) is 0 Å². The predicted octanol–water partition coefficient (Wildman–Crippen LogP) is 3.86. The maximum atomic E-state index is 12.8. The average Bonchev–Trinajstić information content (AvgIpc) is 3.34. The van der Waals surface area contributed by atoms with Gasteiger partial charge in [0.05, 0.1) is 29.3 Å². The number of aromatic nitrogens is 2. The van der Waals surface area contributed by atoms with Gasteiger partial charge >= 0.3 is 0 Å². The van der Waals surface area contributed by atoms with Crippen molar-refractivity contribution in [1.29, 1.82) is 0 Å². The number of hydrogen-bond acceptors (Lipinski definition) is 3. The molecule has 1 aliphatic rings. The van der Waals surface area contributed by atoms with Gasteiger partial charge in [-0.2, -0.15) is 0 Å². The second-order valence-electron chi connectivity index (χ2n) is 7.17. The molecule has 0 bridgehead atoms. The van der Waals surface area contributed by atoms with Crippen molar-refractivity contribution in [2.75, 3.05) is 7.11 Å². The normalized spacial score (nSPS) is 13.8. The number of benzene rings is 3. The summed E-state index contributed by atoms with van der Waals surface area (Å²) in [6.45, 7) is 0. The molecule has 0 fully saturated rings. The van der Waals surface area contributed by atoms with Gasteiger partial charge in [0.1, 0.15) is 5.75 Å². The number of ether oxygens (including phenoxy) is 1. The van der Waals surface area contributed by atoms with Gasteiger partial charge in [-0.15, -0.1) is 0 Å². The van der Waals surface area contributed by atoms with Crippen molar-refractivity contribution in [3.63, 3.8) is 0 Å². The molecule has 1 aliphatic heterocycles. The Kier molecular flexibility index (Phi) is 2.69. The molecule has 0 saturated carbocycles. The maximum absolute atomic E-state index is 12.8. The van der Waals surface area contributed by atoms with E-state index in [1.807, 2.05) is 54.2 Å². The zero-order valence-electron chi connectivity index (χ0n) is 15.2. The molecule has 0 unspecified atom stereocenters. The highest BCUT2D eigenvalue weighted by molar-refractivity contribution is 6.39. The molecule has 5 aromatic rings. The number of aryl methyl sites for hydroxylation is 1. The first-order valence-corrected chi connectivity index (χ1v) is 8.97. The largest absolute Gasteiger partial charge is 0.497 e. The van der Waals surface area contributed by atoms with Crippen molar-refractivity contribution in [2.24, 2.45) is 7.05 Å². The number of carbonyl (C=O) groups is 2. The molecule has 2 amide bonds. The molecular formula is C22H15N3O3. The quantitative estimate of drug-likeness (QED) is 0.441. The van der Waals surface area contributed by atoms with E-state index in [1.54, 1.807) is 7.11 Å². The smallest absolute Gasteiger partial charge is 0.259 e. The monoisotopic (exact) mass is 369 g/mol. The van der Waals surface area contributed by atoms with E-state index in [0.717, 1.165) is 43.5 Å². The van der Waals surface area contributed by atoms with E-state index in [1.165, 1.54) is 0 Å². The summed E-state index contributed by atoms with van der Waals surface area (Å²) in [5.74, 6) is -0.00968. The van der Waals surface area contributed by atoms with E-state index in [2.05, 4.69) is 10.3 Å². The van der Waals surface area contributed by atoms with Crippen molar-refractivity contribution < 1.29 is 14.3 Å². The van der Waals surface area contributed by atoms with E-state index in [9.17, 15) is 9.59 Å². The first-order chi connectivity index (χ1) is 13.6. The zero-order valence-corrected chi connectivity index (χ0v) is 15.2. The van der Waals surface area contributed by atoms with Gasteiger partial charge in [-0.05, 0) is 24.3 Å². The molecular weight excluding hydrogens is 354 g/mol. The van der Waals surface area contributed by atoms with Crippen molar-refractivity contribution in [1.82, 2.24) is 14.9 Å². The van der Waals surface area contributed by atoms with Crippen molar-refractivity contribution in [3.05, 3.63) is 53.7 Å². The third kappa shape index (κ3) is 1.67. The molecule has 2 N–H and O–H groups in total. The Hall–Kier alpha value is -3.80. The van der Waals surface area contributed by atoms with E-state index in [-0.39, 0.29) is 11.8 Å². The maximum Gasteiger partial charge on any atom is 0.259 e. The lowest BCUT2D eigenvalue weighted by molar-refractivity contribution is 0.0880. The average molecular weight is 369 g/mol. The molecule has 0 spiro atoms. The molecule has 3 aromatic carbocycles. The number of fused-ring (bicyclic) bond motifs is 10. The number of H-pyrrole nitrogens is 1. The molecule has 6 nitrogen and oxygen atoms in total. The number of imide groups is 1. The van der Waals surface area contributed by atoms with Crippen LogP contribution in [0.5, 0.6) is 5.75 Å². The number of nitrogens with zero attached hydrogens (tertiary/aromatic N) is 1. The summed E-state index contributed by atoms with van der Waals surface area (Å²) in [7, 11) is 3.56. The highest BCUT2D eigenvalue weighted by Gasteiger charge is 2.34. The van der Waals surface area contributed by atoms with Crippen molar-refractivity contribution in [2.45, 2.75) is 0 Å². The zero-order chi connectivity index (χ0) is 19.2. The summed E-state index contributed by atoms with van der Waals surface area (Å²) in [6, 6.07) is 11.8. The van der Waals surface area contributed by atoms with Crippen LogP contribution in [0.15, 0.2) is 42.6 Å². The summed E-state index contributed by atoms with van der Waals surface area (Å²) in [5.41, 5.74) is 3.57. The van der Waals surface area contributed by atoms with Gasteiger partial charge < -0.3 is 14.3 Å². The fourth-order valence-electron chi connectivity index (χ4n) is 4.54. The Morgan fingerprint density at radius 3 is 2.50 bits per heavy atom. The molecule has 3 heterocycles. The van der Waals surface area contributed by atoms with Crippen LogP contribution in [0.3, 0.4) is 0 Å². The first kappa shape index (κ1) is 15.3. The molecule has 136 valence electrons. The van der Waals surface area contributed by atoms with E-state index >= 15 is 0 Å². The lowest BCUT2D eigenvalue weighted by atomic mass is 9.93. The van der Waals surface area contributed by atoms with Gasteiger partial charge in [0.25, 0.3) is 11.8 Å². The summed E-state index contributed by atoms with van der Waals surface area (Å²) >= 11 is 0. The Bertz CT molecular complexity index is 1520. The minimum Gasteiger partial charge on any atom is -0.497 e. The number of methoxy groups -OCH3 is 1. The highest BCUT2D eigenvalue weighted by Crippen LogP contribution is 2.42. The Labute approximate surface area is 158 Å². The lowest BCUT2D eigenvalue weighted by Crippen LogP contribution is -2.20. The molecule has 6 heteroatoms. The number of carbonyl (C=O) groups excluding carboxylic acids is 2. The van der Waals surface area contributed by atoms with Crippen molar-refractivity contribution in [3.8, 4) is 5.75 Å². The topological polar surface area (TPSA) is 76.1 Å². The van der Waals surface area contributed by atoms with Crippen molar-refractivity contribution >= 4 is 55.3 Å². The molecule has 0 atom stereocenters. The third-order valence-electron chi connectivity index (χ3n) is 5.75. The minimum absolute atomic E-state index is 0.349. The predicted molar refractivity (Wildman–Crippen MR) is 108 cm³/mol. The van der Waals surface area contributed by atoms with Gasteiger partial charge in [-0.25, -0.2) is 0 Å². The minimum atomic E-state index is -0.359. The number of rotatable bonds is 1. The fourth-order valence-corrected chi connectivity index (χ4v) is 4.54. The standard InChI is InChI=1S/C22H15N3O3/c1-25-8-7-10-3-5-12-16(20(10)25)18-17(21(26)24-22(18)27)15-13-9-11(28-2)4-6-14(13)23-19(12)15/h3-9,23H,1-2H3,(H,24,26,27). The van der Waals surface area contributed by atoms with Gasteiger partial charge in [0, 0.05) is 45.7 Å². The second kappa shape index (κ2) is 4.92. The molecule has 28 heavy (non-hydrogen) atoms. The fraction of sp³-hybridized carbons (Fsp3) is 0.0909. The summed E-state index contributed by atoms with van der Waals surface area (Å²) in [4.78, 5) is 29.1. The van der Waals surface area contributed by atoms with Crippen LogP contribution in [-0.2, 0) is 7.05 Å².